The summed E-state index contributed by atoms with van der Waals surface area (Å²) in [5.41, 5.74) is 4.48. The zero-order valence-corrected chi connectivity index (χ0v) is 11.2. The molecule has 0 spiro atoms. The zero-order valence-electron chi connectivity index (χ0n) is 10.4. The Kier molecular flexibility index (Phi) is 3.17. The van der Waals surface area contributed by atoms with Gasteiger partial charge in [-0.05, 0) is 29.6 Å². The molecule has 0 aliphatic heterocycles. The molecule has 108 valence electrons. The van der Waals surface area contributed by atoms with Crippen molar-refractivity contribution in [2.75, 3.05) is 5.73 Å². The summed E-state index contributed by atoms with van der Waals surface area (Å²) in [6.45, 7) is 0. The van der Waals surface area contributed by atoms with E-state index in [4.69, 9.17) is 10.5 Å². The van der Waals surface area contributed by atoms with Crippen molar-refractivity contribution >= 4 is 27.2 Å². The van der Waals surface area contributed by atoms with E-state index >= 15 is 0 Å². The maximum Gasteiger partial charge on any atom is 0.420 e. The summed E-state index contributed by atoms with van der Waals surface area (Å²) in [5.74, 6) is -0.264. The number of anilines is 1. The van der Waals surface area contributed by atoms with Crippen LogP contribution in [-0.2, 0) is 6.18 Å². The van der Waals surface area contributed by atoms with Crippen molar-refractivity contribution in [2.24, 2.45) is 0 Å². The first-order valence-corrected chi connectivity index (χ1v) is 6.66. The second-order valence-corrected chi connectivity index (χ2v) is 5.07. The Morgan fingerprint density at radius 2 is 1.95 bits per heavy atom. The summed E-state index contributed by atoms with van der Waals surface area (Å²) in [5, 5.41) is 2.33. The van der Waals surface area contributed by atoms with Crippen molar-refractivity contribution in [1.29, 1.82) is 0 Å². The highest BCUT2D eigenvalue weighted by Gasteiger charge is 2.35. The molecule has 0 fully saturated rings. The van der Waals surface area contributed by atoms with Crippen LogP contribution in [0.1, 0.15) is 5.56 Å². The number of halogens is 3. The number of hydrogen-bond acceptors (Lipinski definition) is 5. The average Bonchev–Trinajstić information content (AvgIpc) is 2.89. The summed E-state index contributed by atoms with van der Waals surface area (Å²) >= 11 is 1.35. The topological polar surface area (TPSA) is 61.0 Å². The molecule has 4 nitrogen and oxygen atoms in total. The SMILES string of the molecule is Nc1ccc(Oc2ncnc3sccc23)c(C(F)(F)F)c1. The number of fused-ring (bicyclic) bond motifs is 1. The molecule has 0 aliphatic carbocycles. The van der Waals surface area contributed by atoms with E-state index in [1.807, 2.05) is 0 Å². The minimum Gasteiger partial charge on any atom is -0.438 e. The fraction of sp³-hybridized carbons (Fsp3) is 0.0769. The van der Waals surface area contributed by atoms with Crippen LogP contribution in [0.4, 0.5) is 18.9 Å². The molecule has 0 unspecified atom stereocenters. The molecule has 8 heteroatoms. The molecule has 0 aliphatic rings. The van der Waals surface area contributed by atoms with Crippen molar-refractivity contribution < 1.29 is 17.9 Å². The van der Waals surface area contributed by atoms with E-state index in [-0.39, 0.29) is 17.3 Å². The molecule has 2 heterocycles. The number of nitrogens with two attached hydrogens (primary N) is 1. The van der Waals surface area contributed by atoms with E-state index in [1.54, 1.807) is 11.4 Å². The van der Waals surface area contributed by atoms with Crippen molar-refractivity contribution in [3.63, 3.8) is 0 Å². The Hall–Kier alpha value is -2.35. The monoisotopic (exact) mass is 311 g/mol. The van der Waals surface area contributed by atoms with Crippen molar-refractivity contribution in [2.45, 2.75) is 6.18 Å². The number of hydrogen-bond donors (Lipinski definition) is 1. The summed E-state index contributed by atoms with van der Waals surface area (Å²) in [6, 6.07) is 5.05. The molecule has 3 aromatic rings. The van der Waals surface area contributed by atoms with E-state index in [0.29, 0.717) is 10.2 Å². The van der Waals surface area contributed by atoms with Crippen LogP contribution in [0.2, 0.25) is 0 Å². The molecule has 2 N–H and O–H groups in total. The van der Waals surface area contributed by atoms with Crippen molar-refractivity contribution in [1.82, 2.24) is 9.97 Å². The number of ether oxygens (including phenoxy) is 1. The highest BCUT2D eigenvalue weighted by molar-refractivity contribution is 7.16. The Morgan fingerprint density at radius 3 is 2.71 bits per heavy atom. The van der Waals surface area contributed by atoms with Crippen LogP contribution in [0, 0.1) is 0 Å². The molecular formula is C13H8F3N3OS. The fourth-order valence-corrected chi connectivity index (χ4v) is 2.53. The van der Waals surface area contributed by atoms with Crippen LogP contribution in [0.5, 0.6) is 11.6 Å². The lowest BCUT2D eigenvalue weighted by Crippen LogP contribution is -2.08. The molecule has 0 saturated heterocycles. The number of alkyl halides is 3. The van der Waals surface area contributed by atoms with Crippen LogP contribution in [0.15, 0.2) is 36.0 Å². The Balaban J connectivity index is 2.08. The maximum absolute atomic E-state index is 13.0. The van der Waals surface area contributed by atoms with Gasteiger partial charge in [-0.2, -0.15) is 13.2 Å². The molecule has 2 aromatic heterocycles. The lowest BCUT2D eigenvalue weighted by atomic mass is 10.1. The molecule has 0 saturated carbocycles. The number of nitrogens with zero attached hydrogens (tertiary/aromatic N) is 2. The number of rotatable bonds is 2. The fourth-order valence-electron chi connectivity index (χ4n) is 1.81. The normalized spacial score (nSPS) is 11.8. The molecule has 3 rings (SSSR count). The van der Waals surface area contributed by atoms with E-state index < -0.39 is 11.7 Å². The molecule has 0 radical (unpaired) electrons. The van der Waals surface area contributed by atoms with Crippen LogP contribution in [0.25, 0.3) is 10.2 Å². The summed E-state index contributed by atoms with van der Waals surface area (Å²) in [6.07, 6.45) is -3.32. The van der Waals surface area contributed by atoms with E-state index in [2.05, 4.69) is 9.97 Å². The molecular weight excluding hydrogens is 303 g/mol. The molecule has 1 aromatic carbocycles. The Morgan fingerprint density at radius 1 is 1.14 bits per heavy atom. The van der Waals surface area contributed by atoms with Crippen molar-refractivity contribution in [3.05, 3.63) is 41.5 Å². The Bertz CT molecular complexity index is 801. The second-order valence-electron chi connectivity index (χ2n) is 4.17. The van der Waals surface area contributed by atoms with Crippen LogP contribution in [-0.4, -0.2) is 9.97 Å². The predicted octanol–water partition coefficient (Wildman–Crippen LogP) is 4.08. The summed E-state index contributed by atoms with van der Waals surface area (Å²) in [7, 11) is 0. The Labute approximate surface area is 121 Å². The molecule has 0 bridgehead atoms. The van der Waals surface area contributed by atoms with Gasteiger partial charge in [-0.3, -0.25) is 0 Å². The van der Waals surface area contributed by atoms with Gasteiger partial charge in [0, 0.05) is 5.69 Å². The highest BCUT2D eigenvalue weighted by Crippen LogP contribution is 2.40. The quantitative estimate of drug-likeness (QED) is 0.724. The first kappa shape index (κ1) is 13.6. The van der Waals surface area contributed by atoms with Gasteiger partial charge < -0.3 is 10.5 Å². The zero-order chi connectivity index (χ0) is 15.0. The van der Waals surface area contributed by atoms with Gasteiger partial charge >= 0.3 is 6.18 Å². The average molecular weight is 311 g/mol. The first-order valence-electron chi connectivity index (χ1n) is 5.78. The van der Waals surface area contributed by atoms with Gasteiger partial charge in [-0.1, -0.05) is 0 Å². The standard InChI is InChI=1S/C13H8F3N3OS/c14-13(15,16)9-5-7(17)1-2-10(9)20-11-8-3-4-21-12(8)19-6-18-11/h1-6H,17H2. The summed E-state index contributed by atoms with van der Waals surface area (Å²) < 4.78 is 44.4. The van der Waals surface area contributed by atoms with E-state index in [0.717, 1.165) is 6.07 Å². The smallest absolute Gasteiger partial charge is 0.420 e. The van der Waals surface area contributed by atoms with Gasteiger partial charge in [-0.15, -0.1) is 11.3 Å². The van der Waals surface area contributed by atoms with Crippen molar-refractivity contribution in [3.8, 4) is 11.6 Å². The van der Waals surface area contributed by atoms with Gasteiger partial charge in [0.25, 0.3) is 0 Å². The lowest BCUT2D eigenvalue weighted by Gasteiger charge is -2.14. The summed E-state index contributed by atoms with van der Waals surface area (Å²) in [4.78, 5) is 8.55. The van der Waals surface area contributed by atoms with E-state index in [9.17, 15) is 13.2 Å². The van der Waals surface area contributed by atoms with E-state index in [1.165, 1.54) is 29.8 Å². The van der Waals surface area contributed by atoms with Gasteiger partial charge in [0.2, 0.25) is 5.88 Å². The van der Waals surface area contributed by atoms with Gasteiger partial charge in [0.05, 0.1) is 5.39 Å². The van der Waals surface area contributed by atoms with Crippen LogP contribution in [0.3, 0.4) is 0 Å². The minimum atomic E-state index is -4.56. The van der Waals surface area contributed by atoms with Gasteiger partial charge in [-0.25, -0.2) is 9.97 Å². The number of aromatic nitrogens is 2. The molecule has 0 atom stereocenters. The first-order chi connectivity index (χ1) is 9.95. The van der Waals surface area contributed by atoms with Crippen LogP contribution >= 0.6 is 11.3 Å². The maximum atomic E-state index is 13.0. The third-order valence-electron chi connectivity index (χ3n) is 2.74. The third-order valence-corrected chi connectivity index (χ3v) is 3.56. The highest BCUT2D eigenvalue weighted by atomic mass is 32.1. The van der Waals surface area contributed by atoms with Crippen LogP contribution < -0.4 is 10.5 Å². The largest absolute Gasteiger partial charge is 0.438 e. The molecule has 21 heavy (non-hydrogen) atoms. The minimum absolute atomic E-state index is 0.0121. The predicted molar refractivity (Wildman–Crippen MR) is 73.3 cm³/mol. The van der Waals surface area contributed by atoms with Gasteiger partial charge in [0.1, 0.15) is 22.5 Å². The second kappa shape index (κ2) is 4.88. The lowest BCUT2D eigenvalue weighted by molar-refractivity contribution is -0.138. The number of benzene rings is 1. The van der Waals surface area contributed by atoms with Gasteiger partial charge in [0.15, 0.2) is 0 Å². The number of nitrogen functional groups attached to an aromatic ring is 1. The third kappa shape index (κ3) is 2.62. The molecule has 0 amide bonds. The number of thiophene rings is 1.